The van der Waals surface area contributed by atoms with Crippen LogP contribution in [0, 0.1) is 0 Å². The summed E-state index contributed by atoms with van der Waals surface area (Å²) < 4.78 is 0. The molecule has 0 amide bonds. The summed E-state index contributed by atoms with van der Waals surface area (Å²) in [5.74, 6) is 0.816. The summed E-state index contributed by atoms with van der Waals surface area (Å²) in [5.41, 5.74) is 3.15. The molecule has 1 atom stereocenters. The molecule has 1 aromatic rings. The largest absolute Gasteiger partial charge is 0.310 e. The molecule has 0 radical (unpaired) electrons. The van der Waals surface area contributed by atoms with Crippen molar-refractivity contribution in [3.05, 3.63) is 35.4 Å². The van der Waals surface area contributed by atoms with Crippen LogP contribution in [0.15, 0.2) is 24.3 Å². The zero-order valence-electron chi connectivity index (χ0n) is 13.4. The summed E-state index contributed by atoms with van der Waals surface area (Å²) in [4.78, 5) is 2.28. The van der Waals surface area contributed by atoms with Crippen LogP contribution in [0.2, 0.25) is 0 Å². The minimum atomic E-state index is 0.508. The average Bonchev–Trinajstić information content (AvgIpc) is 2.38. The molecule has 1 saturated carbocycles. The van der Waals surface area contributed by atoms with E-state index in [0.29, 0.717) is 6.04 Å². The lowest BCUT2D eigenvalue weighted by atomic mass is 9.77. The molecular formula is C18H30N2. The van der Waals surface area contributed by atoms with E-state index in [1.165, 1.54) is 32.1 Å². The standard InChI is InChI=1S/C18H30N2/c1-4-13-19-18(12-14-20(2)3)17-11-6-5-10-16(17)15-8-7-9-15/h5-6,10-11,15,18-19H,4,7-9,12-14H2,1-3H3. The topological polar surface area (TPSA) is 15.3 Å². The smallest absolute Gasteiger partial charge is 0.0335 e. The molecule has 1 N–H and O–H groups in total. The van der Waals surface area contributed by atoms with E-state index in [2.05, 4.69) is 55.5 Å². The number of hydrogen-bond donors (Lipinski definition) is 1. The summed E-state index contributed by atoms with van der Waals surface area (Å²) in [6, 6.07) is 9.62. The fraction of sp³-hybridized carbons (Fsp3) is 0.667. The van der Waals surface area contributed by atoms with E-state index < -0.39 is 0 Å². The monoisotopic (exact) mass is 274 g/mol. The van der Waals surface area contributed by atoms with Gasteiger partial charge in [0.2, 0.25) is 0 Å². The Morgan fingerprint density at radius 1 is 1.25 bits per heavy atom. The summed E-state index contributed by atoms with van der Waals surface area (Å²) in [6.45, 7) is 4.49. The molecule has 1 fully saturated rings. The molecule has 1 aliphatic carbocycles. The Balaban J connectivity index is 2.13. The molecular weight excluding hydrogens is 244 g/mol. The van der Waals surface area contributed by atoms with Gasteiger partial charge in [0, 0.05) is 6.04 Å². The van der Waals surface area contributed by atoms with E-state index >= 15 is 0 Å². The molecule has 0 heterocycles. The maximum atomic E-state index is 3.76. The minimum absolute atomic E-state index is 0.508. The van der Waals surface area contributed by atoms with Gasteiger partial charge >= 0.3 is 0 Å². The predicted octanol–water partition coefficient (Wildman–Crippen LogP) is 3.95. The molecule has 0 bridgehead atoms. The Kier molecular flexibility index (Phi) is 6.06. The van der Waals surface area contributed by atoms with Gasteiger partial charge in [0.15, 0.2) is 0 Å². The summed E-state index contributed by atoms with van der Waals surface area (Å²) >= 11 is 0. The average molecular weight is 274 g/mol. The Morgan fingerprint density at radius 3 is 2.60 bits per heavy atom. The first-order valence-electron chi connectivity index (χ1n) is 8.19. The van der Waals surface area contributed by atoms with E-state index in [4.69, 9.17) is 0 Å². The zero-order valence-corrected chi connectivity index (χ0v) is 13.4. The lowest BCUT2D eigenvalue weighted by molar-refractivity contribution is 0.355. The van der Waals surface area contributed by atoms with Crippen LogP contribution in [0.4, 0.5) is 0 Å². The molecule has 2 rings (SSSR count). The predicted molar refractivity (Wildman–Crippen MR) is 87.2 cm³/mol. The zero-order chi connectivity index (χ0) is 14.4. The molecule has 2 heteroatoms. The fourth-order valence-electron chi connectivity index (χ4n) is 2.99. The van der Waals surface area contributed by atoms with Gasteiger partial charge < -0.3 is 10.2 Å². The number of nitrogens with one attached hydrogen (secondary N) is 1. The molecule has 20 heavy (non-hydrogen) atoms. The van der Waals surface area contributed by atoms with Crippen LogP contribution in [0.5, 0.6) is 0 Å². The van der Waals surface area contributed by atoms with Crippen molar-refractivity contribution in [1.29, 1.82) is 0 Å². The van der Waals surface area contributed by atoms with Crippen LogP contribution in [0.3, 0.4) is 0 Å². The molecule has 0 aliphatic heterocycles. The Labute approximate surface area is 124 Å². The highest BCUT2D eigenvalue weighted by molar-refractivity contribution is 5.34. The maximum Gasteiger partial charge on any atom is 0.0335 e. The number of benzene rings is 1. The summed E-state index contributed by atoms with van der Waals surface area (Å²) in [6.07, 6.45) is 6.56. The van der Waals surface area contributed by atoms with Crippen LogP contribution in [-0.4, -0.2) is 32.1 Å². The van der Waals surface area contributed by atoms with Crippen LogP contribution < -0.4 is 5.32 Å². The molecule has 0 saturated heterocycles. The lowest BCUT2D eigenvalue weighted by Crippen LogP contribution is -2.28. The fourth-order valence-corrected chi connectivity index (χ4v) is 2.99. The van der Waals surface area contributed by atoms with Gasteiger partial charge in [0.1, 0.15) is 0 Å². The van der Waals surface area contributed by atoms with E-state index in [9.17, 15) is 0 Å². The van der Waals surface area contributed by atoms with Gasteiger partial charge in [-0.15, -0.1) is 0 Å². The van der Waals surface area contributed by atoms with Crippen LogP contribution in [0.1, 0.15) is 62.1 Å². The first kappa shape index (κ1) is 15.5. The Bertz CT molecular complexity index is 396. The van der Waals surface area contributed by atoms with Crippen molar-refractivity contribution in [1.82, 2.24) is 10.2 Å². The second kappa shape index (κ2) is 7.80. The lowest BCUT2D eigenvalue weighted by Gasteiger charge is -2.31. The van der Waals surface area contributed by atoms with Crippen molar-refractivity contribution in [3.63, 3.8) is 0 Å². The highest BCUT2D eigenvalue weighted by Crippen LogP contribution is 2.39. The summed E-state index contributed by atoms with van der Waals surface area (Å²) in [5, 5.41) is 3.76. The number of hydrogen-bond acceptors (Lipinski definition) is 2. The van der Waals surface area contributed by atoms with Crippen LogP contribution in [0.25, 0.3) is 0 Å². The van der Waals surface area contributed by atoms with Crippen molar-refractivity contribution < 1.29 is 0 Å². The van der Waals surface area contributed by atoms with E-state index in [0.717, 1.165) is 19.0 Å². The van der Waals surface area contributed by atoms with Crippen LogP contribution in [-0.2, 0) is 0 Å². The van der Waals surface area contributed by atoms with Crippen molar-refractivity contribution in [2.75, 3.05) is 27.2 Å². The number of nitrogens with zero attached hydrogens (tertiary/aromatic N) is 1. The van der Waals surface area contributed by atoms with E-state index in [1.54, 1.807) is 11.1 Å². The second-order valence-electron chi connectivity index (χ2n) is 6.36. The van der Waals surface area contributed by atoms with Crippen molar-refractivity contribution >= 4 is 0 Å². The van der Waals surface area contributed by atoms with Crippen molar-refractivity contribution in [2.45, 2.75) is 51.0 Å². The normalized spacial score (nSPS) is 17.2. The quantitative estimate of drug-likeness (QED) is 0.772. The third-order valence-electron chi connectivity index (χ3n) is 4.42. The first-order valence-corrected chi connectivity index (χ1v) is 8.19. The van der Waals surface area contributed by atoms with Crippen LogP contribution >= 0.6 is 0 Å². The molecule has 0 spiro atoms. The first-order chi connectivity index (χ1) is 9.72. The highest BCUT2D eigenvalue weighted by atomic mass is 15.1. The summed E-state index contributed by atoms with van der Waals surface area (Å²) in [7, 11) is 4.32. The van der Waals surface area contributed by atoms with Crippen molar-refractivity contribution in [3.8, 4) is 0 Å². The third kappa shape index (κ3) is 4.07. The van der Waals surface area contributed by atoms with Gasteiger partial charge in [-0.1, -0.05) is 37.6 Å². The van der Waals surface area contributed by atoms with Gasteiger partial charge in [-0.25, -0.2) is 0 Å². The SMILES string of the molecule is CCCNC(CCN(C)C)c1ccccc1C1CCC1. The maximum absolute atomic E-state index is 3.76. The third-order valence-corrected chi connectivity index (χ3v) is 4.42. The van der Waals surface area contributed by atoms with Gasteiger partial charge in [-0.2, -0.15) is 0 Å². The number of rotatable bonds is 8. The minimum Gasteiger partial charge on any atom is -0.310 e. The second-order valence-corrected chi connectivity index (χ2v) is 6.36. The molecule has 1 aromatic carbocycles. The Morgan fingerprint density at radius 2 is 2.00 bits per heavy atom. The van der Waals surface area contributed by atoms with Gasteiger partial charge in [-0.3, -0.25) is 0 Å². The molecule has 1 unspecified atom stereocenters. The van der Waals surface area contributed by atoms with E-state index in [-0.39, 0.29) is 0 Å². The van der Waals surface area contributed by atoms with Gasteiger partial charge in [-0.05, 0) is 69.9 Å². The molecule has 1 aliphatic rings. The molecule has 0 aromatic heterocycles. The molecule has 112 valence electrons. The highest BCUT2D eigenvalue weighted by Gasteiger charge is 2.24. The Hall–Kier alpha value is -0.860. The van der Waals surface area contributed by atoms with Gasteiger partial charge in [0.25, 0.3) is 0 Å². The van der Waals surface area contributed by atoms with Crippen molar-refractivity contribution in [2.24, 2.45) is 0 Å². The molecule has 2 nitrogen and oxygen atoms in total. The van der Waals surface area contributed by atoms with E-state index in [1.807, 2.05) is 0 Å². The van der Waals surface area contributed by atoms with Gasteiger partial charge in [0.05, 0.1) is 0 Å².